The average Bonchev–Trinajstić information content (AvgIpc) is 2.80. The molecule has 0 aliphatic carbocycles. The van der Waals surface area contributed by atoms with Gasteiger partial charge in [-0.3, -0.25) is 4.79 Å². The number of nitrogens with one attached hydrogen (secondary N) is 2. The number of carboxylic acids is 1. The van der Waals surface area contributed by atoms with Crippen LogP contribution in [0.3, 0.4) is 0 Å². The van der Waals surface area contributed by atoms with E-state index >= 15 is 0 Å². The summed E-state index contributed by atoms with van der Waals surface area (Å²) < 4.78 is 6.14. The molecule has 2 rings (SSSR count). The predicted molar refractivity (Wildman–Crippen MR) is 77.0 cm³/mol. The van der Waals surface area contributed by atoms with Crippen molar-refractivity contribution >= 4 is 40.3 Å². The van der Waals surface area contributed by atoms with Crippen molar-refractivity contribution in [3.05, 3.63) is 27.8 Å². The molecule has 0 radical (unpaired) electrons. The maximum absolute atomic E-state index is 11.7. The molecular formula is C12H13IN2O4. The van der Waals surface area contributed by atoms with Gasteiger partial charge < -0.3 is 20.5 Å². The summed E-state index contributed by atoms with van der Waals surface area (Å²) in [5, 5.41) is 14.2. The summed E-state index contributed by atoms with van der Waals surface area (Å²) in [6.07, 6.45) is 0. The van der Waals surface area contributed by atoms with Crippen molar-refractivity contribution in [3.63, 3.8) is 0 Å². The second kappa shape index (κ2) is 6.20. The van der Waals surface area contributed by atoms with Crippen LogP contribution in [0.25, 0.3) is 0 Å². The van der Waals surface area contributed by atoms with E-state index in [1.54, 1.807) is 12.1 Å². The zero-order valence-corrected chi connectivity index (χ0v) is 12.1. The SMILES string of the molecule is O=C(Nc1ccc(I)cc1)NC1COCC1C(=O)O. The normalized spacial score (nSPS) is 21.9. The van der Waals surface area contributed by atoms with Gasteiger partial charge in [-0.2, -0.15) is 0 Å². The summed E-state index contributed by atoms with van der Waals surface area (Å²) in [7, 11) is 0. The van der Waals surface area contributed by atoms with Gasteiger partial charge in [0.15, 0.2) is 0 Å². The van der Waals surface area contributed by atoms with Gasteiger partial charge in [0.05, 0.1) is 19.3 Å². The fourth-order valence-electron chi connectivity index (χ4n) is 1.81. The first-order valence-electron chi connectivity index (χ1n) is 5.70. The van der Waals surface area contributed by atoms with Crippen LogP contribution in [0.2, 0.25) is 0 Å². The van der Waals surface area contributed by atoms with E-state index in [-0.39, 0.29) is 13.2 Å². The first kappa shape index (κ1) is 14.1. The number of rotatable bonds is 3. The number of benzene rings is 1. The first-order valence-corrected chi connectivity index (χ1v) is 6.78. The highest BCUT2D eigenvalue weighted by molar-refractivity contribution is 14.1. The van der Waals surface area contributed by atoms with Crippen molar-refractivity contribution in [2.24, 2.45) is 5.92 Å². The van der Waals surface area contributed by atoms with Crippen LogP contribution in [0.15, 0.2) is 24.3 Å². The molecule has 6 nitrogen and oxygen atoms in total. The van der Waals surface area contributed by atoms with Gasteiger partial charge in [0, 0.05) is 9.26 Å². The minimum absolute atomic E-state index is 0.129. The van der Waals surface area contributed by atoms with E-state index in [4.69, 9.17) is 9.84 Å². The zero-order chi connectivity index (χ0) is 13.8. The molecule has 1 aromatic rings. The Kier molecular flexibility index (Phi) is 4.59. The lowest BCUT2D eigenvalue weighted by atomic mass is 10.0. The molecule has 1 fully saturated rings. The molecule has 1 aliphatic rings. The maximum atomic E-state index is 11.7. The largest absolute Gasteiger partial charge is 0.481 e. The molecule has 2 atom stereocenters. The summed E-state index contributed by atoms with van der Waals surface area (Å²) in [6, 6.07) is 6.37. The number of amides is 2. The third-order valence-corrected chi connectivity index (χ3v) is 3.54. The van der Waals surface area contributed by atoms with E-state index in [1.165, 1.54) is 0 Å². The van der Waals surface area contributed by atoms with Gasteiger partial charge in [-0.05, 0) is 46.9 Å². The Labute approximate surface area is 123 Å². The molecule has 0 aromatic heterocycles. The molecule has 0 spiro atoms. The van der Waals surface area contributed by atoms with Crippen LogP contribution in [0, 0.1) is 9.49 Å². The molecule has 1 heterocycles. The van der Waals surface area contributed by atoms with E-state index in [2.05, 4.69) is 33.2 Å². The Bertz CT molecular complexity index is 477. The number of carboxylic acid groups (broad SMARTS) is 1. The van der Waals surface area contributed by atoms with E-state index in [9.17, 15) is 9.59 Å². The molecule has 2 amide bonds. The topological polar surface area (TPSA) is 87.7 Å². The van der Waals surface area contributed by atoms with E-state index < -0.39 is 24.0 Å². The highest BCUT2D eigenvalue weighted by Crippen LogP contribution is 2.15. The highest BCUT2D eigenvalue weighted by atomic mass is 127. The van der Waals surface area contributed by atoms with Gasteiger partial charge in [-0.1, -0.05) is 0 Å². The predicted octanol–water partition coefficient (Wildman–Crippen LogP) is 1.51. The van der Waals surface area contributed by atoms with Crippen LogP contribution >= 0.6 is 22.6 Å². The van der Waals surface area contributed by atoms with Crippen molar-refractivity contribution in [1.29, 1.82) is 0 Å². The minimum atomic E-state index is -0.961. The second-order valence-corrected chi connectivity index (χ2v) is 5.44. The lowest BCUT2D eigenvalue weighted by Gasteiger charge is -2.16. The molecule has 19 heavy (non-hydrogen) atoms. The first-order chi connectivity index (χ1) is 9.06. The monoisotopic (exact) mass is 376 g/mol. The van der Waals surface area contributed by atoms with Gasteiger partial charge >= 0.3 is 12.0 Å². The molecule has 0 saturated carbocycles. The summed E-state index contributed by atoms with van der Waals surface area (Å²) in [6.45, 7) is 0.348. The van der Waals surface area contributed by atoms with Crippen LogP contribution in [-0.4, -0.2) is 36.4 Å². The van der Waals surface area contributed by atoms with Crippen LogP contribution in [0.1, 0.15) is 0 Å². The number of ether oxygens (including phenoxy) is 1. The van der Waals surface area contributed by atoms with E-state index in [1.807, 2.05) is 12.1 Å². The van der Waals surface area contributed by atoms with Crippen molar-refractivity contribution in [1.82, 2.24) is 5.32 Å². The molecule has 2 unspecified atom stereocenters. The number of hydrogen-bond acceptors (Lipinski definition) is 3. The van der Waals surface area contributed by atoms with Crippen molar-refractivity contribution in [3.8, 4) is 0 Å². The fourth-order valence-corrected chi connectivity index (χ4v) is 2.17. The number of carbonyl (C=O) groups excluding carboxylic acids is 1. The Morgan fingerprint density at radius 2 is 1.95 bits per heavy atom. The van der Waals surface area contributed by atoms with Crippen LogP contribution in [-0.2, 0) is 9.53 Å². The number of halogens is 1. The lowest BCUT2D eigenvalue weighted by Crippen LogP contribution is -2.44. The third kappa shape index (κ3) is 3.80. The number of anilines is 1. The van der Waals surface area contributed by atoms with Gasteiger partial charge in [0.1, 0.15) is 5.92 Å². The highest BCUT2D eigenvalue weighted by Gasteiger charge is 2.35. The summed E-state index contributed by atoms with van der Waals surface area (Å²) in [5.74, 6) is -1.65. The van der Waals surface area contributed by atoms with E-state index in [0.29, 0.717) is 5.69 Å². The minimum Gasteiger partial charge on any atom is -0.481 e. The van der Waals surface area contributed by atoms with Crippen molar-refractivity contribution in [2.45, 2.75) is 6.04 Å². The molecule has 0 bridgehead atoms. The molecular weight excluding hydrogens is 363 g/mol. The molecule has 1 aliphatic heterocycles. The van der Waals surface area contributed by atoms with Gasteiger partial charge in [0.25, 0.3) is 0 Å². The molecule has 3 N–H and O–H groups in total. The van der Waals surface area contributed by atoms with Crippen LogP contribution < -0.4 is 10.6 Å². The van der Waals surface area contributed by atoms with Gasteiger partial charge in [-0.25, -0.2) is 4.79 Å². The van der Waals surface area contributed by atoms with Crippen molar-refractivity contribution < 1.29 is 19.4 Å². The smallest absolute Gasteiger partial charge is 0.319 e. The quantitative estimate of drug-likeness (QED) is 0.698. The Morgan fingerprint density at radius 3 is 2.58 bits per heavy atom. The van der Waals surface area contributed by atoms with E-state index in [0.717, 1.165) is 3.57 Å². The van der Waals surface area contributed by atoms with Crippen LogP contribution in [0.5, 0.6) is 0 Å². The fraction of sp³-hybridized carbons (Fsp3) is 0.333. The Morgan fingerprint density at radius 1 is 1.26 bits per heavy atom. The summed E-state index contributed by atoms with van der Waals surface area (Å²) in [5.41, 5.74) is 0.656. The Hall–Kier alpha value is -1.35. The summed E-state index contributed by atoms with van der Waals surface area (Å²) in [4.78, 5) is 22.7. The number of urea groups is 1. The van der Waals surface area contributed by atoms with Gasteiger partial charge in [0.2, 0.25) is 0 Å². The number of carbonyl (C=O) groups is 2. The zero-order valence-electron chi connectivity index (χ0n) is 9.93. The summed E-state index contributed by atoms with van der Waals surface area (Å²) >= 11 is 2.17. The van der Waals surface area contributed by atoms with Gasteiger partial charge in [-0.15, -0.1) is 0 Å². The molecule has 1 aromatic carbocycles. The van der Waals surface area contributed by atoms with Crippen molar-refractivity contribution in [2.75, 3.05) is 18.5 Å². The Balaban J connectivity index is 1.90. The molecule has 102 valence electrons. The molecule has 7 heteroatoms. The average molecular weight is 376 g/mol. The number of hydrogen-bond donors (Lipinski definition) is 3. The second-order valence-electron chi connectivity index (χ2n) is 4.19. The van der Waals surface area contributed by atoms with Crippen LogP contribution in [0.4, 0.5) is 10.5 Å². The third-order valence-electron chi connectivity index (χ3n) is 2.82. The standard InChI is InChI=1S/C12H13IN2O4/c13-7-1-3-8(4-2-7)14-12(18)15-10-6-19-5-9(10)11(16)17/h1-4,9-10H,5-6H2,(H,16,17)(H2,14,15,18). The lowest BCUT2D eigenvalue weighted by molar-refractivity contribution is -0.142. The molecule has 1 saturated heterocycles. The maximum Gasteiger partial charge on any atom is 0.319 e. The number of aliphatic carboxylic acids is 1.